The van der Waals surface area contributed by atoms with E-state index < -0.39 is 96.1 Å². The molecule has 350 valence electrons. The molecule has 6 amide bonds. The van der Waals surface area contributed by atoms with Crippen LogP contribution in [0, 0.1) is 5.92 Å². The van der Waals surface area contributed by atoms with Crippen molar-refractivity contribution in [2.45, 2.75) is 120 Å². The molecule has 8 atom stereocenters. The molecule has 1 aromatic carbocycles. The topological polar surface area (TPSA) is 337 Å². The van der Waals surface area contributed by atoms with Crippen LogP contribution in [0.3, 0.4) is 0 Å². The molecule has 22 heteroatoms. The molecule has 13 N–H and O–H groups in total. The summed E-state index contributed by atoms with van der Waals surface area (Å²) in [5, 5.41) is 33.4. The van der Waals surface area contributed by atoms with Gasteiger partial charge in [0.25, 0.3) is 0 Å². The number of benzene rings is 1. The minimum absolute atomic E-state index is 0.0518. The number of amides is 6. The number of fused-ring (bicyclic) bond motifs is 1. The molecule has 2 aromatic heterocycles. The number of carboxylic acids is 2. The largest absolute Gasteiger partial charge is 0.481 e. The molecule has 1 fully saturated rings. The average Bonchev–Trinajstić information content (AvgIpc) is 4.07. The molecule has 0 bridgehead atoms. The highest BCUT2D eigenvalue weighted by molar-refractivity contribution is 7.80. The number of nitrogens with one attached hydrogen (secondary N) is 7. The quantitative estimate of drug-likeness (QED) is 0.0357. The van der Waals surface area contributed by atoms with Gasteiger partial charge in [-0.05, 0) is 62.6 Å². The van der Waals surface area contributed by atoms with Crippen LogP contribution in [0.1, 0.15) is 76.5 Å². The van der Waals surface area contributed by atoms with Crippen LogP contribution in [0.4, 0.5) is 0 Å². The molecular formula is C42H61N11O10S. The Morgan fingerprint density at radius 2 is 1.53 bits per heavy atom. The standard InChI is InChI=1S/C42H61N11O10S/c1-3-23(2)35(44)40(60)48-28(11-6-7-15-43)36(56)50-30(18-25-20-45-22-47-25)37(57)49-29(13-14-34(54)55)41(61)53-16-8-12-33(53)39(59)52-32(21-64)38(58)51-31(42(62)63)17-24-19-46-27-10-5-4-9-26(24)27/h4-5,9-10,19-20,22-23,28-33,35,46,64H,3,6-8,11-18,21,43-44H2,1-2H3,(H,45,47)(H,48,60)(H,49,57)(H,50,56)(H,51,58)(H,52,59)(H,54,55)(H,62,63)/t23-,28-,29-,30-,31-,32-,33-,35-/m0/s1. The number of hydrogen-bond acceptors (Lipinski definition) is 12. The molecule has 0 radical (unpaired) electrons. The van der Waals surface area contributed by atoms with Crippen LogP contribution < -0.4 is 38.1 Å². The lowest BCUT2D eigenvalue weighted by Crippen LogP contribution is -2.60. The van der Waals surface area contributed by atoms with Gasteiger partial charge >= 0.3 is 11.9 Å². The lowest BCUT2D eigenvalue weighted by molar-refractivity contribution is -0.144. The Morgan fingerprint density at radius 1 is 0.859 bits per heavy atom. The zero-order chi connectivity index (χ0) is 46.9. The normalized spacial score (nSPS) is 17.0. The van der Waals surface area contributed by atoms with Gasteiger partial charge in [-0.25, -0.2) is 9.78 Å². The summed E-state index contributed by atoms with van der Waals surface area (Å²) in [6.07, 6.45) is 5.70. The van der Waals surface area contributed by atoms with E-state index in [4.69, 9.17) is 11.5 Å². The number of unbranched alkanes of at least 4 members (excludes halogenated alkanes) is 1. The Bertz CT molecular complexity index is 2080. The van der Waals surface area contributed by atoms with E-state index in [1.54, 1.807) is 12.3 Å². The molecule has 3 aromatic rings. The van der Waals surface area contributed by atoms with Gasteiger partial charge in [0.05, 0.1) is 18.1 Å². The van der Waals surface area contributed by atoms with Crippen molar-refractivity contribution in [3.63, 3.8) is 0 Å². The number of carbonyl (C=O) groups is 8. The number of hydrogen-bond donors (Lipinski definition) is 12. The number of nitrogens with two attached hydrogens (primary N) is 2. The Hall–Kier alpha value is -6.00. The number of carboxylic acid groups (broad SMARTS) is 2. The van der Waals surface area contributed by atoms with Crippen LogP contribution >= 0.6 is 12.6 Å². The summed E-state index contributed by atoms with van der Waals surface area (Å²) in [6, 6.07) is -1.38. The van der Waals surface area contributed by atoms with E-state index in [1.807, 2.05) is 32.0 Å². The maximum Gasteiger partial charge on any atom is 0.326 e. The lowest BCUT2D eigenvalue weighted by atomic mass is 9.98. The van der Waals surface area contributed by atoms with Crippen molar-refractivity contribution in [3.8, 4) is 0 Å². The maximum atomic E-state index is 14.2. The fraction of sp³-hybridized carbons (Fsp3) is 0.548. The maximum absolute atomic E-state index is 14.2. The zero-order valence-electron chi connectivity index (χ0n) is 36.0. The zero-order valence-corrected chi connectivity index (χ0v) is 36.9. The van der Waals surface area contributed by atoms with Gasteiger partial charge in [0.1, 0.15) is 36.3 Å². The Morgan fingerprint density at radius 3 is 2.19 bits per heavy atom. The van der Waals surface area contributed by atoms with E-state index in [0.29, 0.717) is 43.5 Å². The number of H-pyrrole nitrogens is 2. The summed E-state index contributed by atoms with van der Waals surface area (Å²) in [7, 11) is 0. The van der Waals surface area contributed by atoms with Crippen molar-refractivity contribution in [2.75, 3.05) is 18.8 Å². The highest BCUT2D eigenvalue weighted by Crippen LogP contribution is 2.22. The monoisotopic (exact) mass is 911 g/mol. The highest BCUT2D eigenvalue weighted by atomic mass is 32.1. The molecule has 1 saturated heterocycles. The first-order valence-corrected chi connectivity index (χ1v) is 22.1. The minimum atomic E-state index is -1.48. The Labute approximate surface area is 375 Å². The lowest BCUT2D eigenvalue weighted by Gasteiger charge is -2.31. The van der Waals surface area contributed by atoms with Crippen LogP contribution in [0.25, 0.3) is 10.9 Å². The number of para-hydroxylation sites is 1. The molecule has 1 aliphatic heterocycles. The van der Waals surface area contributed by atoms with E-state index in [9.17, 15) is 48.6 Å². The summed E-state index contributed by atoms with van der Waals surface area (Å²) in [5.41, 5.74) is 13.6. The number of aromatic nitrogens is 3. The summed E-state index contributed by atoms with van der Waals surface area (Å²) in [4.78, 5) is 118. The van der Waals surface area contributed by atoms with Gasteiger partial charge in [-0.2, -0.15) is 12.6 Å². The predicted octanol–water partition coefficient (Wildman–Crippen LogP) is -0.527. The van der Waals surface area contributed by atoms with Crippen molar-refractivity contribution in [3.05, 3.63) is 54.2 Å². The van der Waals surface area contributed by atoms with Crippen molar-refractivity contribution in [1.82, 2.24) is 46.4 Å². The van der Waals surface area contributed by atoms with E-state index in [-0.39, 0.29) is 50.3 Å². The summed E-state index contributed by atoms with van der Waals surface area (Å²) in [5.74, 6) is -7.43. The molecule has 0 saturated carbocycles. The molecule has 3 heterocycles. The second kappa shape index (κ2) is 24.7. The number of aromatic amines is 2. The van der Waals surface area contributed by atoms with Gasteiger partial charge in [-0.3, -0.25) is 33.6 Å². The van der Waals surface area contributed by atoms with Gasteiger partial charge in [0.2, 0.25) is 35.4 Å². The second-order valence-electron chi connectivity index (χ2n) is 16.0. The summed E-state index contributed by atoms with van der Waals surface area (Å²) >= 11 is 4.23. The second-order valence-corrected chi connectivity index (χ2v) is 16.3. The van der Waals surface area contributed by atoms with Crippen molar-refractivity contribution < 1.29 is 48.6 Å². The number of carbonyl (C=O) groups excluding carboxylic acids is 6. The average molecular weight is 912 g/mol. The Balaban J connectivity index is 1.49. The molecule has 0 unspecified atom stereocenters. The molecule has 4 rings (SSSR count). The minimum Gasteiger partial charge on any atom is -0.481 e. The third-order valence-electron chi connectivity index (χ3n) is 11.4. The Kier molecular flexibility index (Phi) is 19.6. The van der Waals surface area contributed by atoms with E-state index in [2.05, 4.69) is 54.2 Å². The first kappa shape index (κ1) is 50.6. The third-order valence-corrected chi connectivity index (χ3v) is 11.7. The highest BCUT2D eigenvalue weighted by Gasteiger charge is 2.40. The first-order valence-electron chi connectivity index (χ1n) is 21.4. The number of nitrogens with zero attached hydrogens (tertiary/aromatic N) is 2. The van der Waals surface area contributed by atoms with Crippen molar-refractivity contribution in [1.29, 1.82) is 0 Å². The van der Waals surface area contributed by atoms with E-state index in [1.165, 1.54) is 17.4 Å². The third kappa shape index (κ3) is 14.3. The molecule has 21 nitrogen and oxygen atoms in total. The first-order chi connectivity index (χ1) is 30.6. The summed E-state index contributed by atoms with van der Waals surface area (Å²) in [6.45, 7) is 4.08. The van der Waals surface area contributed by atoms with E-state index >= 15 is 0 Å². The SMILES string of the molecule is CC[C@H](C)[C@H](N)C(=O)N[C@@H](CCCCN)C(=O)N[C@@H](Cc1c[nH]cn1)C(=O)N[C@@H](CCC(=O)O)C(=O)N1CCC[C@H]1C(=O)N[C@@H](CS)C(=O)N[C@@H](Cc1c[nH]c2ccccc12)C(=O)O. The van der Waals surface area contributed by atoms with Crippen LogP contribution in [0.5, 0.6) is 0 Å². The molecule has 0 aliphatic carbocycles. The molecule has 0 spiro atoms. The van der Waals surface area contributed by atoms with Gasteiger partial charge in [0, 0.05) is 54.9 Å². The number of aliphatic carboxylic acids is 2. The smallest absolute Gasteiger partial charge is 0.326 e. The number of rotatable bonds is 26. The van der Waals surface area contributed by atoms with Gasteiger partial charge in [-0.15, -0.1) is 0 Å². The molecule has 1 aliphatic rings. The van der Waals surface area contributed by atoms with Gasteiger partial charge in [-0.1, -0.05) is 38.5 Å². The van der Waals surface area contributed by atoms with Crippen molar-refractivity contribution >= 4 is 70.9 Å². The van der Waals surface area contributed by atoms with Crippen molar-refractivity contribution in [2.24, 2.45) is 17.4 Å². The van der Waals surface area contributed by atoms with Crippen LogP contribution in [0.15, 0.2) is 43.0 Å². The van der Waals surface area contributed by atoms with Crippen LogP contribution in [0.2, 0.25) is 0 Å². The van der Waals surface area contributed by atoms with Gasteiger partial charge < -0.3 is 63.1 Å². The van der Waals surface area contributed by atoms with Gasteiger partial charge in [0.15, 0.2) is 0 Å². The summed E-state index contributed by atoms with van der Waals surface area (Å²) < 4.78 is 0. The fourth-order valence-electron chi connectivity index (χ4n) is 7.39. The fourth-order valence-corrected chi connectivity index (χ4v) is 7.65. The number of imidazole rings is 1. The van der Waals surface area contributed by atoms with Crippen LogP contribution in [-0.4, -0.2) is 139 Å². The number of likely N-dealkylation sites (tertiary alicyclic amines) is 1. The van der Waals surface area contributed by atoms with Crippen LogP contribution in [-0.2, 0) is 51.2 Å². The number of thiol groups is 1. The molecule has 64 heavy (non-hydrogen) atoms. The van der Waals surface area contributed by atoms with E-state index in [0.717, 1.165) is 10.9 Å². The predicted molar refractivity (Wildman–Crippen MR) is 237 cm³/mol. The molecular weight excluding hydrogens is 851 g/mol.